The SMILES string of the molecule is CCN1CCN(CC(=O)NC(C)(C)c2ccc(OC)c(OC)c2)CC1. The van der Waals surface area contributed by atoms with E-state index in [9.17, 15) is 4.79 Å². The van der Waals surface area contributed by atoms with E-state index in [1.807, 2.05) is 32.0 Å². The molecule has 1 fully saturated rings. The van der Waals surface area contributed by atoms with Gasteiger partial charge in [-0.05, 0) is 38.1 Å². The summed E-state index contributed by atoms with van der Waals surface area (Å²) in [6, 6.07) is 5.74. The zero-order chi connectivity index (χ0) is 18.4. The fourth-order valence-electron chi connectivity index (χ4n) is 3.15. The summed E-state index contributed by atoms with van der Waals surface area (Å²) in [5.74, 6) is 1.39. The van der Waals surface area contributed by atoms with Gasteiger partial charge in [0.05, 0.1) is 26.3 Å². The highest BCUT2D eigenvalue weighted by Gasteiger charge is 2.26. The Labute approximate surface area is 151 Å². The molecule has 1 saturated heterocycles. The van der Waals surface area contributed by atoms with Crippen LogP contribution in [0.1, 0.15) is 26.3 Å². The molecular weight excluding hydrogens is 318 g/mol. The molecule has 0 bridgehead atoms. The number of piperazine rings is 1. The Balaban J connectivity index is 1.97. The number of carbonyl (C=O) groups is 1. The van der Waals surface area contributed by atoms with E-state index >= 15 is 0 Å². The van der Waals surface area contributed by atoms with E-state index < -0.39 is 5.54 Å². The van der Waals surface area contributed by atoms with Crippen molar-refractivity contribution >= 4 is 5.91 Å². The number of rotatable bonds is 7. The molecule has 0 aliphatic carbocycles. The van der Waals surface area contributed by atoms with E-state index in [1.165, 1.54) is 0 Å². The standard InChI is InChI=1S/C19H31N3O3/c1-6-21-9-11-22(12-10-21)14-18(23)20-19(2,3)15-7-8-16(24-4)17(13-15)25-5/h7-8,13H,6,9-12,14H2,1-5H3,(H,20,23). The maximum absolute atomic E-state index is 12.5. The summed E-state index contributed by atoms with van der Waals surface area (Å²) in [6.07, 6.45) is 0. The van der Waals surface area contributed by atoms with Gasteiger partial charge in [-0.15, -0.1) is 0 Å². The fourth-order valence-corrected chi connectivity index (χ4v) is 3.15. The molecule has 1 aromatic rings. The smallest absolute Gasteiger partial charge is 0.234 e. The molecule has 6 heteroatoms. The molecule has 1 N–H and O–H groups in total. The second kappa shape index (κ2) is 8.54. The number of likely N-dealkylation sites (N-methyl/N-ethyl adjacent to an activating group) is 1. The highest BCUT2D eigenvalue weighted by atomic mass is 16.5. The molecule has 0 atom stereocenters. The molecule has 25 heavy (non-hydrogen) atoms. The topological polar surface area (TPSA) is 54.0 Å². The monoisotopic (exact) mass is 349 g/mol. The van der Waals surface area contributed by atoms with Crippen LogP contribution in [0.15, 0.2) is 18.2 Å². The predicted molar refractivity (Wildman–Crippen MR) is 99.3 cm³/mol. The van der Waals surface area contributed by atoms with Crippen molar-refractivity contribution in [1.82, 2.24) is 15.1 Å². The first kappa shape index (κ1) is 19.5. The molecule has 0 saturated carbocycles. The highest BCUT2D eigenvalue weighted by molar-refractivity contribution is 5.79. The van der Waals surface area contributed by atoms with Gasteiger partial charge >= 0.3 is 0 Å². The first-order valence-electron chi connectivity index (χ1n) is 8.87. The van der Waals surface area contributed by atoms with Crippen LogP contribution in [0.5, 0.6) is 11.5 Å². The van der Waals surface area contributed by atoms with Crippen LogP contribution in [0.3, 0.4) is 0 Å². The average Bonchev–Trinajstić information content (AvgIpc) is 2.61. The molecule has 6 nitrogen and oxygen atoms in total. The Morgan fingerprint density at radius 3 is 2.24 bits per heavy atom. The zero-order valence-electron chi connectivity index (χ0n) is 16.1. The molecule has 1 amide bonds. The van der Waals surface area contributed by atoms with Crippen molar-refractivity contribution in [2.75, 3.05) is 53.5 Å². The normalized spacial score (nSPS) is 16.5. The molecule has 0 unspecified atom stereocenters. The maximum Gasteiger partial charge on any atom is 0.234 e. The lowest BCUT2D eigenvalue weighted by Gasteiger charge is -2.34. The van der Waals surface area contributed by atoms with Crippen LogP contribution in [0.4, 0.5) is 0 Å². The van der Waals surface area contributed by atoms with Gasteiger partial charge in [0.15, 0.2) is 11.5 Å². The minimum Gasteiger partial charge on any atom is -0.493 e. The molecule has 1 heterocycles. The summed E-state index contributed by atoms with van der Waals surface area (Å²) in [5.41, 5.74) is 0.497. The number of nitrogens with one attached hydrogen (secondary N) is 1. The van der Waals surface area contributed by atoms with E-state index in [4.69, 9.17) is 9.47 Å². The molecule has 1 aliphatic heterocycles. The molecule has 0 radical (unpaired) electrons. The summed E-state index contributed by atoms with van der Waals surface area (Å²) < 4.78 is 10.6. The van der Waals surface area contributed by atoms with Gasteiger partial charge in [0.25, 0.3) is 0 Å². The van der Waals surface area contributed by atoms with Crippen LogP contribution in [0.25, 0.3) is 0 Å². The summed E-state index contributed by atoms with van der Waals surface area (Å²) in [6.45, 7) is 11.6. The molecule has 0 spiro atoms. The number of amides is 1. The fraction of sp³-hybridized carbons (Fsp3) is 0.632. The zero-order valence-corrected chi connectivity index (χ0v) is 16.1. The lowest BCUT2D eigenvalue weighted by atomic mass is 9.93. The van der Waals surface area contributed by atoms with Gasteiger partial charge in [-0.1, -0.05) is 13.0 Å². The van der Waals surface area contributed by atoms with Crippen molar-refractivity contribution in [1.29, 1.82) is 0 Å². The third-order valence-corrected chi connectivity index (χ3v) is 4.84. The average molecular weight is 349 g/mol. The van der Waals surface area contributed by atoms with E-state index in [0.29, 0.717) is 18.0 Å². The third kappa shape index (κ3) is 5.09. The van der Waals surface area contributed by atoms with Crippen LogP contribution < -0.4 is 14.8 Å². The summed E-state index contributed by atoms with van der Waals surface area (Å²) in [4.78, 5) is 17.1. The first-order chi connectivity index (χ1) is 11.9. The Hall–Kier alpha value is -1.79. The summed E-state index contributed by atoms with van der Waals surface area (Å²) >= 11 is 0. The number of ether oxygens (including phenoxy) is 2. The van der Waals surface area contributed by atoms with Gasteiger partial charge in [0.2, 0.25) is 5.91 Å². The number of methoxy groups -OCH3 is 2. The van der Waals surface area contributed by atoms with E-state index in [1.54, 1.807) is 14.2 Å². The molecular formula is C19H31N3O3. The number of carbonyl (C=O) groups excluding carboxylic acids is 1. The van der Waals surface area contributed by atoms with Crippen molar-refractivity contribution in [3.05, 3.63) is 23.8 Å². The number of hydrogen-bond acceptors (Lipinski definition) is 5. The van der Waals surface area contributed by atoms with Gasteiger partial charge in [-0.3, -0.25) is 9.69 Å². The molecule has 140 valence electrons. The van der Waals surface area contributed by atoms with Crippen LogP contribution in [-0.4, -0.2) is 69.2 Å². The molecule has 1 aliphatic rings. The Kier molecular flexibility index (Phi) is 6.67. The van der Waals surface area contributed by atoms with Crippen molar-refractivity contribution < 1.29 is 14.3 Å². The van der Waals surface area contributed by atoms with E-state index in [0.717, 1.165) is 38.3 Å². The first-order valence-corrected chi connectivity index (χ1v) is 8.87. The van der Waals surface area contributed by atoms with Gasteiger partial charge in [0.1, 0.15) is 0 Å². The highest BCUT2D eigenvalue weighted by Crippen LogP contribution is 2.32. The van der Waals surface area contributed by atoms with Crippen LogP contribution in [-0.2, 0) is 10.3 Å². The number of hydrogen-bond donors (Lipinski definition) is 1. The second-order valence-electron chi connectivity index (χ2n) is 6.95. The van der Waals surface area contributed by atoms with Crippen molar-refractivity contribution in [3.8, 4) is 11.5 Å². The third-order valence-electron chi connectivity index (χ3n) is 4.84. The maximum atomic E-state index is 12.5. The second-order valence-corrected chi connectivity index (χ2v) is 6.95. The van der Waals surface area contributed by atoms with Crippen molar-refractivity contribution in [2.45, 2.75) is 26.3 Å². The van der Waals surface area contributed by atoms with Gasteiger partial charge in [-0.2, -0.15) is 0 Å². The van der Waals surface area contributed by atoms with Crippen LogP contribution in [0.2, 0.25) is 0 Å². The minimum absolute atomic E-state index is 0.0460. The summed E-state index contributed by atoms with van der Waals surface area (Å²) in [5, 5.41) is 3.14. The largest absolute Gasteiger partial charge is 0.493 e. The Morgan fingerprint density at radius 2 is 1.68 bits per heavy atom. The number of nitrogens with zero attached hydrogens (tertiary/aromatic N) is 2. The van der Waals surface area contributed by atoms with E-state index in [2.05, 4.69) is 22.0 Å². The van der Waals surface area contributed by atoms with Gasteiger partial charge < -0.3 is 19.7 Å². The lowest BCUT2D eigenvalue weighted by molar-refractivity contribution is -0.124. The van der Waals surface area contributed by atoms with Crippen molar-refractivity contribution in [3.63, 3.8) is 0 Å². The molecule has 2 rings (SSSR count). The van der Waals surface area contributed by atoms with Crippen LogP contribution in [0, 0.1) is 0 Å². The predicted octanol–water partition coefficient (Wildman–Crippen LogP) is 1.69. The lowest BCUT2D eigenvalue weighted by Crippen LogP contribution is -2.51. The van der Waals surface area contributed by atoms with Crippen molar-refractivity contribution in [2.24, 2.45) is 0 Å². The minimum atomic E-state index is -0.484. The Morgan fingerprint density at radius 1 is 1.08 bits per heavy atom. The Bertz CT molecular complexity index is 581. The number of benzene rings is 1. The van der Waals surface area contributed by atoms with Gasteiger partial charge in [0, 0.05) is 26.2 Å². The van der Waals surface area contributed by atoms with Crippen LogP contribution >= 0.6 is 0 Å². The van der Waals surface area contributed by atoms with E-state index in [-0.39, 0.29) is 5.91 Å². The van der Waals surface area contributed by atoms with Gasteiger partial charge in [-0.25, -0.2) is 0 Å². The molecule has 0 aromatic heterocycles. The molecule has 1 aromatic carbocycles. The quantitative estimate of drug-likeness (QED) is 0.812. The summed E-state index contributed by atoms with van der Waals surface area (Å²) in [7, 11) is 3.23.